The van der Waals surface area contributed by atoms with Gasteiger partial charge in [0, 0.05) is 6.04 Å². The van der Waals surface area contributed by atoms with Gasteiger partial charge >= 0.3 is 0 Å². The molecule has 0 unspecified atom stereocenters. The zero-order valence-corrected chi connectivity index (χ0v) is 6.99. The van der Waals surface area contributed by atoms with Crippen LogP contribution < -0.4 is 5.73 Å². The van der Waals surface area contributed by atoms with Crippen molar-refractivity contribution in [2.45, 2.75) is 19.4 Å². The fourth-order valence-corrected chi connectivity index (χ4v) is 1.07. The van der Waals surface area contributed by atoms with Crippen LogP contribution >= 0.6 is 0 Å². The molecule has 0 fully saturated rings. The van der Waals surface area contributed by atoms with Gasteiger partial charge in [0.15, 0.2) is 11.5 Å². The number of aromatic hydroxyl groups is 2. The maximum atomic E-state index is 9.12. The molecule has 1 aromatic carbocycles. The molecule has 0 amide bonds. The van der Waals surface area contributed by atoms with E-state index in [1.54, 1.807) is 6.07 Å². The molecule has 66 valence electrons. The smallest absolute Gasteiger partial charge is 0.157 e. The molecule has 0 aliphatic heterocycles. The molecule has 0 spiro atoms. The van der Waals surface area contributed by atoms with Crippen LogP contribution in [0.5, 0.6) is 11.5 Å². The van der Waals surface area contributed by atoms with Gasteiger partial charge in [-0.1, -0.05) is 6.07 Å². The first-order valence-electron chi connectivity index (χ1n) is 3.86. The number of benzene rings is 1. The van der Waals surface area contributed by atoms with E-state index in [0.717, 1.165) is 5.56 Å². The van der Waals surface area contributed by atoms with Crippen LogP contribution in [0, 0.1) is 0 Å². The zero-order valence-electron chi connectivity index (χ0n) is 6.99. The maximum absolute atomic E-state index is 9.12. The van der Waals surface area contributed by atoms with Crippen molar-refractivity contribution in [3.63, 3.8) is 0 Å². The molecule has 0 bridgehead atoms. The van der Waals surface area contributed by atoms with Gasteiger partial charge in [0.1, 0.15) is 0 Å². The summed E-state index contributed by atoms with van der Waals surface area (Å²) in [5.41, 5.74) is 6.50. The lowest BCUT2D eigenvalue weighted by atomic mass is 10.1. The molecule has 4 N–H and O–H groups in total. The third-order valence-electron chi connectivity index (χ3n) is 1.60. The van der Waals surface area contributed by atoms with E-state index in [9.17, 15) is 0 Å². The Morgan fingerprint density at radius 3 is 2.50 bits per heavy atom. The number of hydrogen-bond acceptors (Lipinski definition) is 3. The second kappa shape index (κ2) is 3.45. The average Bonchev–Trinajstić information content (AvgIpc) is 1.96. The summed E-state index contributed by atoms with van der Waals surface area (Å²) in [6.07, 6.45) is 0.702. The minimum atomic E-state index is -0.0941. The van der Waals surface area contributed by atoms with Crippen LogP contribution in [0.1, 0.15) is 12.5 Å². The van der Waals surface area contributed by atoms with E-state index in [-0.39, 0.29) is 17.5 Å². The number of phenolic OH excluding ortho intramolecular Hbond substituents is 2. The Hall–Kier alpha value is -1.22. The van der Waals surface area contributed by atoms with E-state index in [1.807, 2.05) is 6.92 Å². The van der Waals surface area contributed by atoms with Crippen molar-refractivity contribution in [3.8, 4) is 11.5 Å². The summed E-state index contributed by atoms with van der Waals surface area (Å²) in [6, 6.07) is 4.80. The molecule has 0 heterocycles. The van der Waals surface area contributed by atoms with Gasteiger partial charge in [-0.3, -0.25) is 0 Å². The molecule has 1 atom stereocenters. The third-order valence-corrected chi connectivity index (χ3v) is 1.60. The Kier molecular flexibility index (Phi) is 2.55. The normalized spacial score (nSPS) is 12.8. The minimum Gasteiger partial charge on any atom is -0.504 e. The first kappa shape index (κ1) is 8.87. The van der Waals surface area contributed by atoms with Crippen LogP contribution in [0.25, 0.3) is 0 Å². The van der Waals surface area contributed by atoms with Crippen LogP contribution in [0.15, 0.2) is 18.2 Å². The van der Waals surface area contributed by atoms with Gasteiger partial charge in [0.2, 0.25) is 0 Å². The van der Waals surface area contributed by atoms with Gasteiger partial charge in [-0.2, -0.15) is 0 Å². The predicted octanol–water partition coefficient (Wildman–Crippen LogP) is 0.987. The van der Waals surface area contributed by atoms with Crippen molar-refractivity contribution in [2.75, 3.05) is 0 Å². The largest absolute Gasteiger partial charge is 0.504 e. The molecule has 0 saturated heterocycles. The monoisotopic (exact) mass is 167 g/mol. The van der Waals surface area contributed by atoms with Crippen LogP contribution in [0.4, 0.5) is 0 Å². The van der Waals surface area contributed by atoms with Crippen LogP contribution in [0.2, 0.25) is 0 Å². The minimum absolute atomic E-state index is 0.0638. The molecule has 3 nitrogen and oxygen atoms in total. The van der Waals surface area contributed by atoms with Crippen LogP contribution in [-0.2, 0) is 6.42 Å². The topological polar surface area (TPSA) is 66.5 Å². The molecule has 0 aliphatic carbocycles. The molecule has 0 radical (unpaired) electrons. The molecule has 1 aromatic rings. The first-order valence-corrected chi connectivity index (χ1v) is 3.86. The lowest BCUT2D eigenvalue weighted by molar-refractivity contribution is 0.403. The van der Waals surface area contributed by atoms with E-state index in [2.05, 4.69) is 0 Å². The summed E-state index contributed by atoms with van der Waals surface area (Å²) in [5, 5.41) is 18.1. The maximum Gasteiger partial charge on any atom is 0.157 e. The van der Waals surface area contributed by atoms with Crippen molar-refractivity contribution >= 4 is 0 Å². The van der Waals surface area contributed by atoms with Crippen LogP contribution in [0.3, 0.4) is 0 Å². The molecule has 1 rings (SSSR count). The summed E-state index contributed by atoms with van der Waals surface area (Å²) < 4.78 is 0. The highest BCUT2D eigenvalue weighted by Crippen LogP contribution is 2.25. The summed E-state index contributed by atoms with van der Waals surface area (Å²) in [7, 11) is 0. The van der Waals surface area contributed by atoms with E-state index in [4.69, 9.17) is 15.9 Å². The third kappa shape index (κ3) is 2.13. The van der Waals surface area contributed by atoms with E-state index >= 15 is 0 Å². The van der Waals surface area contributed by atoms with Gasteiger partial charge in [-0.15, -0.1) is 0 Å². The number of rotatable bonds is 2. The van der Waals surface area contributed by atoms with Crippen LogP contribution in [-0.4, -0.2) is 16.3 Å². The molecule has 12 heavy (non-hydrogen) atoms. The highest BCUT2D eigenvalue weighted by Gasteiger charge is 2.02. The fourth-order valence-electron chi connectivity index (χ4n) is 1.07. The highest BCUT2D eigenvalue weighted by atomic mass is 16.3. The summed E-state index contributed by atoms with van der Waals surface area (Å²) >= 11 is 0. The lowest BCUT2D eigenvalue weighted by Crippen LogP contribution is -2.17. The molecule has 0 aliphatic rings. The van der Waals surface area contributed by atoms with Crippen molar-refractivity contribution in [1.29, 1.82) is 0 Å². The number of nitrogens with two attached hydrogens (primary N) is 1. The second-order valence-electron chi connectivity index (χ2n) is 3.00. The van der Waals surface area contributed by atoms with E-state index in [0.29, 0.717) is 6.42 Å². The highest BCUT2D eigenvalue weighted by molar-refractivity contribution is 5.40. The quantitative estimate of drug-likeness (QED) is 0.575. The van der Waals surface area contributed by atoms with Gasteiger partial charge in [0.05, 0.1) is 0 Å². The number of phenols is 2. The van der Waals surface area contributed by atoms with E-state index in [1.165, 1.54) is 12.1 Å². The van der Waals surface area contributed by atoms with Crippen molar-refractivity contribution in [1.82, 2.24) is 0 Å². The standard InChI is InChI=1S/C9H13NO2/c1-6(10)4-7-2-3-8(11)9(12)5-7/h2-3,5-6,11-12H,4,10H2,1H3/t6-/m1/s1. The predicted molar refractivity (Wildman–Crippen MR) is 47.1 cm³/mol. The van der Waals surface area contributed by atoms with Crippen molar-refractivity contribution < 1.29 is 10.2 Å². The van der Waals surface area contributed by atoms with Gasteiger partial charge in [0.25, 0.3) is 0 Å². The Bertz CT molecular complexity index is 271. The summed E-state index contributed by atoms with van der Waals surface area (Å²) in [4.78, 5) is 0. The molecule has 0 saturated carbocycles. The molecular formula is C9H13NO2. The molecule has 3 heteroatoms. The average molecular weight is 167 g/mol. The second-order valence-corrected chi connectivity index (χ2v) is 3.00. The Balaban J connectivity index is 2.82. The Morgan fingerprint density at radius 1 is 1.33 bits per heavy atom. The summed E-state index contributed by atoms with van der Waals surface area (Å²) in [6.45, 7) is 1.89. The fraction of sp³-hybridized carbons (Fsp3) is 0.333. The van der Waals surface area contributed by atoms with Crippen molar-refractivity contribution in [2.24, 2.45) is 5.73 Å². The Labute approximate surface area is 71.5 Å². The Morgan fingerprint density at radius 2 is 2.00 bits per heavy atom. The zero-order chi connectivity index (χ0) is 9.14. The van der Waals surface area contributed by atoms with E-state index < -0.39 is 0 Å². The lowest BCUT2D eigenvalue weighted by Gasteiger charge is -2.05. The van der Waals surface area contributed by atoms with Gasteiger partial charge in [-0.05, 0) is 31.0 Å². The van der Waals surface area contributed by atoms with Gasteiger partial charge in [-0.25, -0.2) is 0 Å². The number of hydrogen-bond donors (Lipinski definition) is 3. The summed E-state index contributed by atoms with van der Waals surface area (Å²) in [5.74, 6) is -0.184. The molecule has 0 aromatic heterocycles. The van der Waals surface area contributed by atoms with Crippen molar-refractivity contribution in [3.05, 3.63) is 23.8 Å². The van der Waals surface area contributed by atoms with Gasteiger partial charge < -0.3 is 15.9 Å². The first-order chi connectivity index (χ1) is 5.59. The SMILES string of the molecule is C[C@@H](N)Cc1ccc(O)c(O)c1. The molecular weight excluding hydrogens is 154 g/mol.